The highest BCUT2D eigenvalue weighted by Crippen LogP contribution is 2.10. The number of carbonyl (C=O) groups is 3. The van der Waals surface area contributed by atoms with E-state index in [0.717, 1.165) is 0 Å². The van der Waals surface area contributed by atoms with Crippen LogP contribution in [0.2, 0.25) is 0 Å². The second-order valence-corrected chi connectivity index (χ2v) is 2.61. The van der Waals surface area contributed by atoms with Crippen LogP contribution in [0.15, 0.2) is 6.07 Å². The number of methoxy groups -OCH3 is 2. The van der Waals surface area contributed by atoms with E-state index in [9.17, 15) is 14.4 Å². The number of aromatic nitrogens is 1. The molecule has 0 unspecified atom stereocenters. The third-order valence-corrected chi connectivity index (χ3v) is 1.77. The molecule has 6 heteroatoms. The minimum Gasteiger partial charge on any atom is -0.464 e. The van der Waals surface area contributed by atoms with E-state index in [1.807, 2.05) is 0 Å². The van der Waals surface area contributed by atoms with Crippen LogP contribution in [0.5, 0.6) is 0 Å². The number of hydrogen-bond donors (Lipinski definition) is 1. The number of rotatable bonds is 3. The maximum absolute atomic E-state index is 11.2. The molecule has 0 fully saturated rings. The van der Waals surface area contributed by atoms with Crippen LogP contribution < -0.4 is 0 Å². The monoisotopic (exact) mass is 211 g/mol. The average molecular weight is 211 g/mol. The number of carbonyl (C=O) groups excluding carboxylic acids is 3. The van der Waals surface area contributed by atoms with Crippen molar-refractivity contribution in [3.63, 3.8) is 0 Å². The van der Waals surface area contributed by atoms with Crippen molar-refractivity contribution in [2.24, 2.45) is 0 Å². The van der Waals surface area contributed by atoms with Crippen molar-refractivity contribution in [3.8, 4) is 0 Å². The second-order valence-electron chi connectivity index (χ2n) is 2.61. The number of aromatic amines is 1. The summed E-state index contributed by atoms with van der Waals surface area (Å²) in [6.45, 7) is 0. The molecule has 0 aliphatic rings. The molecule has 1 aromatic rings. The lowest BCUT2D eigenvalue weighted by Gasteiger charge is -1.96. The Hall–Kier alpha value is -2.11. The highest BCUT2D eigenvalue weighted by molar-refractivity contribution is 6.00. The molecule has 0 atom stereocenters. The predicted octanol–water partition coefficient (Wildman–Crippen LogP) is 0.400. The minimum atomic E-state index is -0.716. The second kappa shape index (κ2) is 4.41. The van der Waals surface area contributed by atoms with Gasteiger partial charge in [-0.15, -0.1) is 0 Å². The Balaban J connectivity index is 3.16. The Bertz CT molecular complexity index is 407. The van der Waals surface area contributed by atoms with E-state index in [-0.39, 0.29) is 17.0 Å². The van der Waals surface area contributed by atoms with Crippen LogP contribution in [0.25, 0.3) is 0 Å². The maximum Gasteiger partial charge on any atom is 0.355 e. The van der Waals surface area contributed by atoms with Crippen molar-refractivity contribution in [1.82, 2.24) is 4.98 Å². The van der Waals surface area contributed by atoms with Crippen LogP contribution in [-0.4, -0.2) is 37.4 Å². The molecule has 0 radical (unpaired) electrons. The molecule has 80 valence electrons. The van der Waals surface area contributed by atoms with E-state index in [4.69, 9.17) is 0 Å². The van der Waals surface area contributed by atoms with Crippen LogP contribution in [-0.2, 0) is 9.47 Å². The Morgan fingerprint density at radius 3 is 2.33 bits per heavy atom. The lowest BCUT2D eigenvalue weighted by atomic mass is 10.2. The predicted molar refractivity (Wildman–Crippen MR) is 48.9 cm³/mol. The quantitative estimate of drug-likeness (QED) is 0.577. The molecule has 0 saturated heterocycles. The summed E-state index contributed by atoms with van der Waals surface area (Å²) in [4.78, 5) is 35.3. The molecule has 0 aromatic carbocycles. The van der Waals surface area contributed by atoms with Gasteiger partial charge in [-0.25, -0.2) is 9.59 Å². The van der Waals surface area contributed by atoms with Crippen LogP contribution >= 0.6 is 0 Å². The number of H-pyrrole nitrogens is 1. The fourth-order valence-corrected chi connectivity index (χ4v) is 1.05. The summed E-state index contributed by atoms with van der Waals surface area (Å²) < 4.78 is 8.85. The Kier molecular flexibility index (Phi) is 3.22. The summed E-state index contributed by atoms with van der Waals surface area (Å²) in [6, 6.07) is 1.23. The largest absolute Gasteiger partial charge is 0.464 e. The van der Waals surface area contributed by atoms with Crippen LogP contribution in [0.3, 0.4) is 0 Å². The molecular weight excluding hydrogens is 202 g/mol. The smallest absolute Gasteiger partial charge is 0.355 e. The van der Waals surface area contributed by atoms with Gasteiger partial charge in [-0.05, 0) is 6.07 Å². The van der Waals surface area contributed by atoms with Crippen LogP contribution in [0.4, 0.5) is 0 Å². The standard InChI is InChI=1S/C9H9NO5/c1-14-8(12)6-3-5(4-11)7(10-6)9(13)15-2/h3-4,10H,1-2H3. The summed E-state index contributed by atoms with van der Waals surface area (Å²) >= 11 is 0. The number of aldehydes is 1. The van der Waals surface area contributed by atoms with Crippen molar-refractivity contribution in [1.29, 1.82) is 0 Å². The lowest BCUT2D eigenvalue weighted by Crippen LogP contribution is -2.06. The third kappa shape index (κ3) is 2.04. The normalized spacial score (nSPS) is 9.47. The van der Waals surface area contributed by atoms with Gasteiger partial charge < -0.3 is 14.5 Å². The third-order valence-electron chi connectivity index (χ3n) is 1.77. The fraction of sp³-hybridized carbons (Fsp3) is 0.222. The molecule has 0 bridgehead atoms. The molecule has 1 aromatic heterocycles. The van der Waals surface area contributed by atoms with Gasteiger partial charge in [-0.1, -0.05) is 0 Å². The number of hydrogen-bond acceptors (Lipinski definition) is 5. The van der Waals surface area contributed by atoms with Gasteiger partial charge in [0.2, 0.25) is 0 Å². The van der Waals surface area contributed by atoms with Crippen molar-refractivity contribution < 1.29 is 23.9 Å². The summed E-state index contributed by atoms with van der Waals surface area (Å²) in [7, 11) is 2.37. The van der Waals surface area contributed by atoms with Gasteiger partial charge >= 0.3 is 11.9 Å². The van der Waals surface area contributed by atoms with Crippen LogP contribution in [0.1, 0.15) is 31.3 Å². The molecule has 0 saturated carbocycles. The van der Waals surface area contributed by atoms with E-state index in [2.05, 4.69) is 14.5 Å². The van der Waals surface area contributed by atoms with E-state index in [1.54, 1.807) is 0 Å². The zero-order chi connectivity index (χ0) is 11.4. The Morgan fingerprint density at radius 2 is 1.87 bits per heavy atom. The molecule has 0 aliphatic carbocycles. The number of nitrogens with one attached hydrogen (secondary N) is 1. The molecule has 0 amide bonds. The van der Waals surface area contributed by atoms with Gasteiger partial charge in [0.05, 0.1) is 14.2 Å². The van der Waals surface area contributed by atoms with Gasteiger partial charge in [-0.3, -0.25) is 4.79 Å². The lowest BCUT2D eigenvalue weighted by molar-refractivity contribution is 0.0589. The van der Waals surface area contributed by atoms with Crippen molar-refractivity contribution in [2.45, 2.75) is 0 Å². The van der Waals surface area contributed by atoms with Gasteiger partial charge in [0.1, 0.15) is 11.4 Å². The first kappa shape index (κ1) is 11.0. The zero-order valence-electron chi connectivity index (χ0n) is 8.20. The molecule has 15 heavy (non-hydrogen) atoms. The van der Waals surface area contributed by atoms with Crippen molar-refractivity contribution >= 4 is 18.2 Å². The summed E-state index contributed by atoms with van der Waals surface area (Å²) in [5.41, 5.74) is 0.0233. The Morgan fingerprint density at radius 1 is 1.27 bits per heavy atom. The van der Waals surface area contributed by atoms with Gasteiger partial charge in [0.15, 0.2) is 6.29 Å². The maximum atomic E-state index is 11.2. The van der Waals surface area contributed by atoms with Gasteiger partial charge in [-0.2, -0.15) is 0 Å². The summed E-state index contributed by atoms with van der Waals surface area (Å²) in [5, 5.41) is 0. The van der Waals surface area contributed by atoms with Crippen LogP contribution in [0, 0.1) is 0 Å². The average Bonchev–Trinajstić information content (AvgIpc) is 2.70. The highest BCUT2D eigenvalue weighted by Gasteiger charge is 2.18. The number of ether oxygens (including phenoxy) is 2. The highest BCUT2D eigenvalue weighted by atomic mass is 16.5. The topological polar surface area (TPSA) is 85.5 Å². The van der Waals surface area contributed by atoms with E-state index in [0.29, 0.717) is 6.29 Å². The molecule has 1 rings (SSSR count). The molecule has 1 heterocycles. The zero-order valence-corrected chi connectivity index (χ0v) is 8.20. The first-order valence-electron chi connectivity index (χ1n) is 3.98. The first-order valence-corrected chi connectivity index (χ1v) is 3.98. The van der Waals surface area contributed by atoms with Gasteiger partial charge in [0, 0.05) is 5.56 Å². The molecular formula is C9H9NO5. The van der Waals surface area contributed by atoms with Crippen molar-refractivity contribution in [3.05, 3.63) is 23.0 Å². The molecule has 6 nitrogen and oxygen atoms in total. The van der Waals surface area contributed by atoms with Gasteiger partial charge in [0.25, 0.3) is 0 Å². The van der Waals surface area contributed by atoms with E-state index < -0.39 is 11.9 Å². The van der Waals surface area contributed by atoms with Crippen molar-refractivity contribution in [2.75, 3.05) is 14.2 Å². The number of esters is 2. The summed E-state index contributed by atoms with van der Waals surface area (Å²) in [5.74, 6) is -1.37. The first-order chi connectivity index (χ1) is 7.13. The minimum absolute atomic E-state index is 0.0278. The van der Waals surface area contributed by atoms with E-state index >= 15 is 0 Å². The Labute approximate surface area is 85.2 Å². The van der Waals surface area contributed by atoms with E-state index in [1.165, 1.54) is 20.3 Å². The summed E-state index contributed by atoms with van der Waals surface area (Å²) in [6.07, 6.45) is 0.454. The molecule has 1 N–H and O–H groups in total. The fourth-order valence-electron chi connectivity index (χ4n) is 1.05. The molecule has 0 spiro atoms. The SMILES string of the molecule is COC(=O)c1cc(C=O)c(C(=O)OC)[nH]1. The molecule has 0 aliphatic heterocycles.